The normalized spacial score (nSPS) is 12.6. The van der Waals surface area contributed by atoms with Crippen molar-refractivity contribution in [1.29, 1.82) is 0 Å². The van der Waals surface area contributed by atoms with Crippen LogP contribution in [0.25, 0.3) is 6.08 Å². The van der Waals surface area contributed by atoms with Gasteiger partial charge in [-0.15, -0.1) is 0 Å². The second kappa shape index (κ2) is 7.81. The van der Waals surface area contributed by atoms with E-state index >= 15 is 0 Å². The minimum atomic E-state index is -1.05. The van der Waals surface area contributed by atoms with Crippen molar-refractivity contribution in [1.82, 2.24) is 10.2 Å². The van der Waals surface area contributed by atoms with E-state index in [2.05, 4.69) is 5.32 Å². The molecule has 114 valence electrons. The predicted molar refractivity (Wildman–Crippen MR) is 83.6 cm³/mol. The summed E-state index contributed by atoms with van der Waals surface area (Å²) in [4.78, 5) is 24.5. The van der Waals surface area contributed by atoms with Gasteiger partial charge in [0.15, 0.2) is 0 Å². The fraction of sp³-hybridized carbons (Fsp3) is 0.333. The molecule has 1 atom stereocenters. The van der Waals surface area contributed by atoms with Gasteiger partial charge in [0.25, 0.3) is 5.91 Å². The lowest BCUT2D eigenvalue weighted by Gasteiger charge is -2.18. The third-order valence-corrected chi connectivity index (χ3v) is 3.01. The number of halogens is 1. The first kappa shape index (κ1) is 17.2. The summed E-state index contributed by atoms with van der Waals surface area (Å²) in [5, 5.41) is 11.8. The van der Waals surface area contributed by atoms with Crippen molar-refractivity contribution in [2.75, 3.05) is 20.6 Å². The Labute approximate surface area is 129 Å². The van der Waals surface area contributed by atoms with E-state index in [1.165, 1.54) is 12.1 Å². The van der Waals surface area contributed by atoms with Crippen molar-refractivity contribution in [3.8, 4) is 0 Å². The third kappa shape index (κ3) is 5.97. The summed E-state index contributed by atoms with van der Waals surface area (Å²) in [5.74, 6) is -1.26. The van der Waals surface area contributed by atoms with Gasteiger partial charge in [-0.3, -0.25) is 4.79 Å². The Morgan fingerprint density at radius 2 is 2.10 bits per heavy atom. The Balaban J connectivity index is 2.79. The highest BCUT2D eigenvalue weighted by Crippen LogP contribution is 2.19. The molecule has 1 unspecified atom stereocenters. The summed E-state index contributed by atoms with van der Waals surface area (Å²) >= 11 is 6.05. The number of hydrogen-bond donors (Lipinski definition) is 2. The maximum atomic E-state index is 12.1. The lowest BCUT2D eigenvalue weighted by Crippen LogP contribution is -2.39. The minimum absolute atomic E-state index is 0.0119. The van der Waals surface area contributed by atoms with Crippen LogP contribution in [0.2, 0.25) is 5.02 Å². The molecule has 0 aliphatic carbocycles. The summed E-state index contributed by atoms with van der Waals surface area (Å²) in [6, 6.07) is 4.78. The van der Waals surface area contributed by atoms with Crippen LogP contribution in [-0.2, 0) is 4.79 Å². The highest BCUT2D eigenvalue weighted by Gasteiger charge is 2.11. The molecule has 5 nitrogen and oxygen atoms in total. The van der Waals surface area contributed by atoms with Gasteiger partial charge in [0.2, 0.25) is 0 Å². The first-order valence-corrected chi connectivity index (χ1v) is 6.83. The molecule has 0 heterocycles. The Kier molecular flexibility index (Phi) is 6.39. The predicted octanol–water partition coefficient (Wildman–Crippen LogP) is 2.12. The molecule has 0 aliphatic rings. The van der Waals surface area contributed by atoms with Crippen molar-refractivity contribution in [3.05, 3.63) is 40.4 Å². The van der Waals surface area contributed by atoms with Gasteiger partial charge in [0.1, 0.15) is 0 Å². The molecule has 0 bridgehead atoms. The summed E-state index contributed by atoms with van der Waals surface area (Å²) < 4.78 is 0. The zero-order chi connectivity index (χ0) is 16.0. The second-order valence-corrected chi connectivity index (χ2v) is 5.45. The van der Waals surface area contributed by atoms with Crippen LogP contribution < -0.4 is 5.32 Å². The van der Waals surface area contributed by atoms with E-state index in [1.54, 1.807) is 12.1 Å². The van der Waals surface area contributed by atoms with Crippen LogP contribution in [0.3, 0.4) is 0 Å². The van der Waals surface area contributed by atoms with Gasteiger partial charge < -0.3 is 15.3 Å². The van der Waals surface area contributed by atoms with E-state index < -0.39 is 5.97 Å². The maximum Gasteiger partial charge on any atom is 0.328 e. The molecule has 1 aromatic carbocycles. The molecule has 21 heavy (non-hydrogen) atoms. The van der Waals surface area contributed by atoms with Crippen molar-refractivity contribution >= 4 is 29.6 Å². The first-order valence-electron chi connectivity index (χ1n) is 6.45. The van der Waals surface area contributed by atoms with E-state index in [4.69, 9.17) is 16.7 Å². The van der Waals surface area contributed by atoms with Gasteiger partial charge in [-0.25, -0.2) is 4.79 Å². The van der Waals surface area contributed by atoms with Gasteiger partial charge in [-0.1, -0.05) is 17.7 Å². The van der Waals surface area contributed by atoms with Crippen LogP contribution in [0.5, 0.6) is 0 Å². The molecule has 0 saturated heterocycles. The van der Waals surface area contributed by atoms with Crippen molar-refractivity contribution in [3.63, 3.8) is 0 Å². The molecular weight excluding hydrogens is 292 g/mol. The number of carbonyl (C=O) groups excluding carboxylic acids is 1. The molecule has 6 heteroatoms. The molecule has 0 spiro atoms. The van der Waals surface area contributed by atoms with Crippen molar-refractivity contribution < 1.29 is 14.7 Å². The molecule has 0 fully saturated rings. The Morgan fingerprint density at radius 1 is 1.43 bits per heavy atom. The number of amides is 1. The zero-order valence-electron chi connectivity index (χ0n) is 12.3. The Morgan fingerprint density at radius 3 is 2.62 bits per heavy atom. The van der Waals surface area contributed by atoms with Gasteiger partial charge >= 0.3 is 5.97 Å². The second-order valence-electron chi connectivity index (χ2n) is 5.04. The smallest absolute Gasteiger partial charge is 0.328 e. The minimum Gasteiger partial charge on any atom is -0.478 e. The number of hydrogen-bond acceptors (Lipinski definition) is 3. The molecule has 1 amide bonds. The molecule has 0 aliphatic heterocycles. The van der Waals surface area contributed by atoms with Gasteiger partial charge in [0.05, 0.1) is 0 Å². The highest BCUT2D eigenvalue weighted by atomic mass is 35.5. The molecular formula is C15H19ClN2O3. The third-order valence-electron chi connectivity index (χ3n) is 2.68. The van der Waals surface area contributed by atoms with E-state index in [1.807, 2.05) is 25.9 Å². The fourth-order valence-electron chi connectivity index (χ4n) is 1.87. The quantitative estimate of drug-likeness (QED) is 0.790. The van der Waals surface area contributed by atoms with Crippen LogP contribution in [0.1, 0.15) is 22.8 Å². The van der Waals surface area contributed by atoms with E-state index in [0.717, 1.165) is 12.6 Å². The van der Waals surface area contributed by atoms with Gasteiger partial charge in [-0.05, 0) is 44.8 Å². The van der Waals surface area contributed by atoms with Crippen molar-refractivity contribution in [2.45, 2.75) is 13.0 Å². The van der Waals surface area contributed by atoms with Crippen LogP contribution >= 0.6 is 11.6 Å². The van der Waals surface area contributed by atoms with Crippen LogP contribution in [0, 0.1) is 0 Å². The molecule has 0 aromatic heterocycles. The number of nitrogens with one attached hydrogen (secondary N) is 1. The SMILES string of the molecule is CC(CN(C)C)NC(=O)c1ccc(/C=C/C(=O)O)c(Cl)c1. The fourth-order valence-corrected chi connectivity index (χ4v) is 2.11. The largest absolute Gasteiger partial charge is 0.478 e. The molecule has 0 radical (unpaired) electrons. The monoisotopic (exact) mass is 310 g/mol. The topological polar surface area (TPSA) is 69.6 Å². The Bertz CT molecular complexity index is 556. The number of carboxylic acids is 1. The first-order chi connectivity index (χ1) is 9.79. The van der Waals surface area contributed by atoms with Crippen LogP contribution in [0.4, 0.5) is 0 Å². The average Bonchev–Trinajstić information content (AvgIpc) is 2.35. The zero-order valence-corrected chi connectivity index (χ0v) is 13.0. The summed E-state index contributed by atoms with van der Waals surface area (Å²) in [5.41, 5.74) is 0.995. The van der Waals surface area contributed by atoms with Gasteiger partial charge in [0, 0.05) is 29.2 Å². The Hall–Kier alpha value is -1.85. The maximum absolute atomic E-state index is 12.1. The summed E-state index contributed by atoms with van der Waals surface area (Å²) in [6.07, 6.45) is 2.39. The number of likely N-dealkylation sites (N-methyl/N-ethyl adjacent to an activating group) is 1. The number of carboxylic acid groups (broad SMARTS) is 1. The lowest BCUT2D eigenvalue weighted by atomic mass is 10.1. The number of rotatable bonds is 6. The highest BCUT2D eigenvalue weighted by molar-refractivity contribution is 6.32. The van der Waals surface area contributed by atoms with E-state index in [0.29, 0.717) is 16.1 Å². The number of carbonyl (C=O) groups is 2. The van der Waals surface area contributed by atoms with E-state index in [9.17, 15) is 9.59 Å². The number of nitrogens with zero attached hydrogens (tertiary/aromatic N) is 1. The van der Waals surface area contributed by atoms with Crippen molar-refractivity contribution in [2.24, 2.45) is 0 Å². The van der Waals surface area contributed by atoms with Gasteiger partial charge in [-0.2, -0.15) is 0 Å². The summed E-state index contributed by atoms with van der Waals surface area (Å²) in [6.45, 7) is 2.66. The number of benzene rings is 1. The average molecular weight is 311 g/mol. The molecule has 1 aromatic rings. The molecule has 1 rings (SSSR count). The van der Waals surface area contributed by atoms with Crippen LogP contribution in [0.15, 0.2) is 24.3 Å². The molecule has 0 saturated carbocycles. The van der Waals surface area contributed by atoms with Crippen LogP contribution in [-0.4, -0.2) is 48.6 Å². The summed E-state index contributed by atoms with van der Waals surface area (Å²) in [7, 11) is 3.87. The number of aliphatic carboxylic acids is 1. The lowest BCUT2D eigenvalue weighted by molar-refractivity contribution is -0.131. The van der Waals surface area contributed by atoms with E-state index in [-0.39, 0.29) is 11.9 Å². The molecule has 2 N–H and O–H groups in total. The standard InChI is InChI=1S/C15H19ClN2O3/c1-10(9-18(2)3)17-15(21)12-5-4-11(13(16)8-12)6-7-14(19)20/h4-8,10H,9H2,1-3H3,(H,17,21)(H,19,20)/b7-6+.